The number of rotatable bonds is 4. The van der Waals surface area contributed by atoms with Crippen LogP contribution in [0.3, 0.4) is 0 Å². The molecule has 1 aromatic heterocycles. The number of benzene rings is 2. The predicted octanol–water partition coefficient (Wildman–Crippen LogP) is 3.94. The average molecular weight is 395 g/mol. The molecule has 4 rings (SSSR count). The zero-order chi connectivity index (χ0) is 19.3. The SMILES string of the molecule is O=C(NCC1CCN(C(=O)Oc2ccccc2)CC1)c1ccc2ncsc2c1. The number of thiazole rings is 1. The van der Waals surface area contributed by atoms with E-state index < -0.39 is 0 Å². The minimum Gasteiger partial charge on any atom is -0.410 e. The van der Waals surface area contributed by atoms with Crippen molar-refractivity contribution in [1.82, 2.24) is 15.2 Å². The highest BCUT2D eigenvalue weighted by molar-refractivity contribution is 7.16. The Kier molecular flexibility index (Phi) is 5.53. The second kappa shape index (κ2) is 8.39. The summed E-state index contributed by atoms with van der Waals surface area (Å²) in [6.07, 6.45) is 1.38. The number of likely N-dealkylation sites (tertiary alicyclic amines) is 1. The molecule has 2 aromatic carbocycles. The van der Waals surface area contributed by atoms with Gasteiger partial charge in [0.05, 0.1) is 15.7 Å². The minimum atomic E-state index is -0.313. The number of amides is 2. The number of carbonyl (C=O) groups is 2. The molecule has 2 amide bonds. The van der Waals surface area contributed by atoms with Crippen molar-refractivity contribution in [1.29, 1.82) is 0 Å². The lowest BCUT2D eigenvalue weighted by Gasteiger charge is -2.31. The standard InChI is InChI=1S/C21H21N3O3S/c25-20(16-6-7-18-19(12-16)28-14-23-18)22-13-15-8-10-24(11-9-15)21(26)27-17-4-2-1-3-5-17/h1-7,12,14-15H,8-11,13H2,(H,22,25). The first-order valence-corrected chi connectivity index (χ1v) is 10.2. The predicted molar refractivity (Wildman–Crippen MR) is 109 cm³/mol. The number of para-hydroxylation sites is 1. The molecule has 3 aromatic rings. The number of nitrogens with one attached hydrogen (secondary N) is 1. The van der Waals surface area contributed by atoms with Crippen LogP contribution in [0.25, 0.3) is 10.2 Å². The molecule has 0 saturated carbocycles. The molecule has 1 N–H and O–H groups in total. The zero-order valence-corrected chi connectivity index (χ0v) is 16.2. The Morgan fingerprint density at radius 2 is 1.93 bits per heavy atom. The van der Waals surface area contributed by atoms with Crippen LogP contribution in [0.5, 0.6) is 5.75 Å². The fraction of sp³-hybridized carbons (Fsp3) is 0.286. The highest BCUT2D eigenvalue weighted by Gasteiger charge is 2.24. The van der Waals surface area contributed by atoms with E-state index in [-0.39, 0.29) is 12.0 Å². The highest BCUT2D eigenvalue weighted by atomic mass is 32.1. The number of piperidine rings is 1. The van der Waals surface area contributed by atoms with Crippen LogP contribution in [0.15, 0.2) is 54.0 Å². The fourth-order valence-corrected chi connectivity index (χ4v) is 4.03. The fourth-order valence-electron chi connectivity index (χ4n) is 3.31. The molecule has 1 saturated heterocycles. The van der Waals surface area contributed by atoms with Gasteiger partial charge in [-0.1, -0.05) is 18.2 Å². The van der Waals surface area contributed by atoms with Crippen LogP contribution in [0.2, 0.25) is 0 Å². The van der Waals surface area contributed by atoms with E-state index in [9.17, 15) is 9.59 Å². The van der Waals surface area contributed by atoms with Crippen molar-refractivity contribution < 1.29 is 14.3 Å². The lowest BCUT2D eigenvalue weighted by molar-refractivity contribution is 0.0931. The molecule has 2 heterocycles. The van der Waals surface area contributed by atoms with Crippen LogP contribution in [0.1, 0.15) is 23.2 Å². The minimum absolute atomic E-state index is 0.0683. The van der Waals surface area contributed by atoms with Crippen LogP contribution < -0.4 is 10.1 Å². The lowest BCUT2D eigenvalue weighted by atomic mass is 9.97. The third-order valence-corrected chi connectivity index (χ3v) is 5.76. The van der Waals surface area contributed by atoms with Gasteiger partial charge in [0.2, 0.25) is 0 Å². The molecular weight excluding hydrogens is 374 g/mol. The molecule has 0 unspecified atom stereocenters. The number of fused-ring (bicyclic) bond motifs is 1. The number of nitrogens with zero attached hydrogens (tertiary/aromatic N) is 2. The molecule has 144 valence electrons. The van der Waals surface area contributed by atoms with Crippen molar-refractivity contribution in [3.05, 3.63) is 59.6 Å². The zero-order valence-electron chi connectivity index (χ0n) is 15.3. The molecule has 0 bridgehead atoms. The van der Waals surface area contributed by atoms with E-state index in [1.165, 1.54) is 11.3 Å². The van der Waals surface area contributed by atoms with Crippen LogP contribution in [-0.4, -0.2) is 41.5 Å². The van der Waals surface area contributed by atoms with Crippen molar-refractivity contribution in [2.45, 2.75) is 12.8 Å². The quantitative estimate of drug-likeness (QED) is 0.726. The summed E-state index contributed by atoms with van der Waals surface area (Å²) in [6, 6.07) is 14.6. The van der Waals surface area contributed by atoms with Crippen LogP contribution in [0.4, 0.5) is 4.79 Å². The average Bonchev–Trinajstić information content (AvgIpc) is 3.21. The number of carbonyl (C=O) groups excluding carboxylic acids is 2. The second-order valence-electron chi connectivity index (χ2n) is 6.86. The topological polar surface area (TPSA) is 71.5 Å². The number of hydrogen-bond donors (Lipinski definition) is 1. The van der Waals surface area contributed by atoms with Gasteiger partial charge in [-0.25, -0.2) is 9.78 Å². The van der Waals surface area contributed by atoms with E-state index in [4.69, 9.17) is 4.74 Å². The molecule has 6 nitrogen and oxygen atoms in total. The maximum absolute atomic E-state index is 12.4. The number of hydrogen-bond acceptors (Lipinski definition) is 5. The molecule has 0 radical (unpaired) electrons. The van der Waals surface area contributed by atoms with Crippen molar-refractivity contribution in [2.24, 2.45) is 5.92 Å². The maximum Gasteiger partial charge on any atom is 0.415 e. The smallest absolute Gasteiger partial charge is 0.410 e. The van der Waals surface area contributed by atoms with Crippen molar-refractivity contribution in [2.75, 3.05) is 19.6 Å². The summed E-state index contributed by atoms with van der Waals surface area (Å²) in [6.45, 7) is 1.89. The van der Waals surface area contributed by atoms with Gasteiger partial charge in [0.15, 0.2) is 0 Å². The van der Waals surface area contributed by atoms with Gasteiger partial charge in [0, 0.05) is 25.2 Å². The van der Waals surface area contributed by atoms with E-state index in [0.717, 1.165) is 23.1 Å². The first-order chi connectivity index (χ1) is 13.7. The molecule has 0 spiro atoms. The Labute approximate surface area is 167 Å². The second-order valence-corrected chi connectivity index (χ2v) is 7.74. The largest absolute Gasteiger partial charge is 0.415 e. The molecular formula is C21H21N3O3S. The van der Waals surface area contributed by atoms with Gasteiger partial charge in [0.25, 0.3) is 5.91 Å². The van der Waals surface area contributed by atoms with Gasteiger partial charge >= 0.3 is 6.09 Å². The summed E-state index contributed by atoms with van der Waals surface area (Å²) in [7, 11) is 0. The first kappa shape index (κ1) is 18.4. The van der Waals surface area contributed by atoms with E-state index in [1.807, 2.05) is 30.3 Å². The van der Waals surface area contributed by atoms with E-state index in [0.29, 0.717) is 36.9 Å². The molecule has 1 fully saturated rings. The van der Waals surface area contributed by atoms with Gasteiger partial charge in [-0.15, -0.1) is 11.3 Å². The number of ether oxygens (including phenoxy) is 1. The molecule has 0 aliphatic carbocycles. The van der Waals surface area contributed by atoms with Crippen LogP contribution in [-0.2, 0) is 0 Å². The summed E-state index contributed by atoms with van der Waals surface area (Å²) in [5.74, 6) is 0.845. The van der Waals surface area contributed by atoms with Crippen molar-refractivity contribution in [3.63, 3.8) is 0 Å². The summed E-state index contributed by atoms with van der Waals surface area (Å²) < 4.78 is 6.40. The summed E-state index contributed by atoms with van der Waals surface area (Å²) >= 11 is 1.53. The third-order valence-electron chi connectivity index (χ3n) is 4.97. The van der Waals surface area contributed by atoms with Gasteiger partial charge in [-0.2, -0.15) is 0 Å². The maximum atomic E-state index is 12.4. The molecule has 1 aliphatic rings. The molecule has 28 heavy (non-hydrogen) atoms. The normalized spacial score (nSPS) is 14.8. The van der Waals surface area contributed by atoms with Crippen LogP contribution >= 0.6 is 11.3 Å². The summed E-state index contributed by atoms with van der Waals surface area (Å²) in [5.41, 5.74) is 3.35. The lowest BCUT2D eigenvalue weighted by Crippen LogP contribution is -2.42. The molecule has 0 atom stereocenters. The first-order valence-electron chi connectivity index (χ1n) is 9.32. The Hall–Kier alpha value is -2.93. The Balaban J connectivity index is 1.24. The van der Waals surface area contributed by atoms with Crippen molar-refractivity contribution in [3.8, 4) is 5.75 Å². The van der Waals surface area contributed by atoms with Crippen LogP contribution in [0, 0.1) is 5.92 Å². The van der Waals surface area contributed by atoms with Gasteiger partial charge in [-0.3, -0.25) is 4.79 Å². The Bertz CT molecular complexity index is 965. The number of aromatic nitrogens is 1. The Morgan fingerprint density at radius 1 is 1.14 bits per heavy atom. The van der Waals surface area contributed by atoms with E-state index in [1.54, 1.807) is 28.6 Å². The molecule has 7 heteroatoms. The van der Waals surface area contributed by atoms with E-state index in [2.05, 4.69) is 10.3 Å². The van der Waals surface area contributed by atoms with Gasteiger partial charge in [-0.05, 0) is 49.1 Å². The summed E-state index contributed by atoms with van der Waals surface area (Å²) in [4.78, 5) is 30.6. The Morgan fingerprint density at radius 3 is 2.71 bits per heavy atom. The molecule has 1 aliphatic heterocycles. The summed E-state index contributed by atoms with van der Waals surface area (Å²) in [5, 5.41) is 3.02. The highest BCUT2D eigenvalue weighted by Crippen LogP contribution is 2.20. The monoisotopic (exact) mass is 395 g/mol. The van der Waals surface area contributed by atoms with E-state index >= 15 is 0 Å². The van der Waals surface area contributed by atoms with Gasteiger partial charge < -0.3 is 15.0 Å². The van der Waals surface area contributed by atoms with Crippen molar-refractivity contribution >= 4 is 33.6 Å². The van der Waals surface area contributed by atoms with Gasteiger partial charge in [0.1, 0.15) is 5.75 Å². The third kappa shape index (κ3) is 4.31.